The van der Waals surface area contributed by atoms with Crippen molar-refractivity contribution in [1.82, 2.24) is 20.4 Å². The van der Waals surface area contributed by atoms with E-state index < -0.39 is 11.9 Å². The zero-order chi connectivity index (χ0) is 16.0. The number of aryl methyl sites for hydroxylation is 1. The first-order valence-corrected chi connectivity index (χ1v) is 7.03. The number of carbonyl (C=O) groups excluding carboxylic acids is 1. The van der Waals surface area contributed by atoms with Gasteiger partial charge in [-0.3, -0.25) is 9.48 Å². The molecule has 1 heterocycles. The molecule has 118 valence electrons. The lowest BCUT2D eigenvalue weighted by Gasteiger charge is -2.15. The number of hydrogen-bond acceptors (Lipinski definition) is 3. The van der Waals surface area contributed by atoms with Crippen molar-refractivity contribution in [3.63, 3.8) is 0 Å². The molecule has 1 atom stereocenters. The topological polar surface area (TPSA) is 96.2 Å². The van der Waals surface area contributed by atoms with Crippen molar-refractivity contribution in [1.29, 1.82) is 0 Å². The van der Waals surface area contributed by atoms with Crippen LogP contribution in [-0.4, -0.2) is 33.4 Å². The van der Waals surface area contributed by atoms with E-state index in [0.717, 1.165) is 11.3 Å². The van der Waals surface area contributed by atoms with Gasteiger partial charge in [0.2, 0.25) is 0 Å². The van der Waals surface area contributed by atoms with E-state index in [1.807, 2.05) is 27.8 Å². The van der Waals surface area contributed by atoms with Crippen LogP contribution in [0.2, 0.25) is 0 Å². The molecule has 0 aromatic carbocycles. The average Bonchev–Trinajstić information content (AvgIpc) is 2.71. The number of carboxylic acid groups (broad SMARTS) is 1. The zero-order valence-electron chi connectivity index (χ0n) is 13.0. The lowest BCUT2D eigenvalue weighted by Crippen LogP contribution is -2.40. The van der Waals surface area contributed by atoms with Gasteiger partial charge >= 0.3 is 12.0 Å². The summed E-state index contributed by atoms with van der Waals surface area (Å²) in [7, 11) is 1.84. The summed E-state index contributed by atoms with van der Waals surface area (Å²) in [5.74, 6) is -1.17. The summed E-state index contributed by atoms with van der Waals surface area (Å²) in [4.78, 5) is 22.8. The van der Waals surface area contributed by atoms with E-state index in [1.54, 1.807) is 10.9 Å². The first-order valence-electron chi connectivity index (χ1n) is 7.03. The fourth-order valence-corrected chi connectivity index (χ4v) is 2.01. The molecular weight excluding hydrogens is 272 g/mol. The highest BCUT2D eigenvalue weighted by Gasteiger charge is 2.19. The SMILES string of the molecule is Cc1c(CNC(=O)NCC(CC(C)C)C(=O)O)cnn1C. The van der Waals surface area contributed by atoms with Crippen molar-refractivity contribution in [3.8, 4) is 0 Å². The van der Waals surface area contributed by atoms with Crippen LogP contribution >= 0.6 is 0 Å². The average molecular weight is 296 g/mol. The highest BCUT2D eigenvalue weighted by Crippen LogP contribution is 2.11. The van der Waals surface area contributed by atoms with E-state index >= 15 is 0 Å². The predicted molar refractivity (Wildman–Crippen MR) is 78.8 cm³/mol. The van der Waals surface area contributed by atoms with E-state index in [0.29, 0.717) is 13.0 Å². The molecule has 0 fully saturated rings. The molecule has 0 bridgehead atoms. The van der Waals surface area contributed by atoms with Crippen LogP contribution < -0.4 is 10.6 Å². The summed E-state index contributed by atoms with van der Waals surface area (Å²) >= 11 is 0. The number of nitrogens with zero attached hydrogens (tertiary/aromatic N) is 2. The molecule has 1 aromatic heterocycles. The maximum atomic E-state index is 11.7. The minimum atomic E-state index is -0.882. The Balaban J connectivity index is 2.39. The normalized spacial score (nSPS) is 12.2. The fraction of sp³-hybridized carbons (Fsp3) is 0.643. The van der Waals surface area contributed by atoms with Crippen molar-refractivity contribution in [2.45, 2.75) is 33.7 Å². The van der Waals surface area contributed by atoms with Crippen LogP contribution in [0.25, 0.3) is 0 Å². The third-order valence-corrected chi connectivity index (χ3v) is 3.39. The minimum absolute atomic E-state index is 0.130. The third-order valence-electron chi connectivity index (χ3n) is 3.39. The second-order valence-corrected chi connectivity index (χ2v) is 5.61. The number of carboxylic acids is 1. The number of urea groups is 1. The number of aliphatic carboxylic acids is 1. The number of rotatable bonds is 7. The Labute approximate surface area is 124 Å². The van der Waals surface area contributed by atoms with Gasteiger partial charge in [0.15, 0.2) is 0 Å². The third kappa shape index (κ3) is 5.45. The largest absolute Gasteiger partial charge is 0.481 e. The van der Waals surface area contributed by atoms with Crippen LogP contribution in [0.4, 0.5) is 4.79 Å². The van der Waals surface area contributed by atoms with Gasteiger partial charge in [0.05, 0.1) is 12.1 Å². The Hall–Kier alpha value is -2.05. The van der Waals surface area contributed by atoms with Gasteiger partial charge < -0.3 is 15.7 Å². The molecule has 7 nitrogen and oxygen atoms in total. The molecule has 7 heteroatoms. The van der Waals surface area contributed by atoms with Gasteiger partial charge in [-0.05, 0) is 19.3 Å². The minimum Gasteiger partial charge on any atom is -0.481 e. The second-order valence-electron chi connectivity index (χ2n) is 5.61. The van der Waals surface area contributed by atoms with Crippen LogP contribution in [0.1, 0.15) is 31.5 Å². The molecule has 0 aliphatic rings. The molecule has 0 aliphatic carbocycles. The Morgan fingerprint density at radius 2 is 2.05 bits per heavy atom. The summed E-state index contributed by atoms with van der Waals surface area (Å²) in [5.41, 5.74) is 1.92. The van der Waals surface area contributed by atoms with Crippen molar-refractivity contribution in [2.75, 3.05) is 6.54 Å². The quantitative estimate of drug-likeness (QED) is 0.706. The van der Waals surface area contributed by atoms with Gasteiger partial charge in [0, 0.05) is 31.4 Å². The lowest BCUT2D eigenvalue weighted by atomic mass is 9.97. The van der Waals surface area contributed by atoms with Crippen LogP contribution in [0.3, 0.4) is 0 Å². The Morgan fingerprint density at radius 3 is 2.52 bits per heavy atom. The van der Waals surface area contributed by atoms with E-state index in [2.05, 4.69) is 15.7 Å². The Bertz CT molecular complexity index is 496. The van der Waals surface area contributed by atoms with Gasteiger partial charge in [-0.1, -0.05) is 13.8 Å². The molecule has 1 unspecified atom stereocenters. The van der Waals surface area contributed by atoms with Crippen LogP contribution in [0, 0.1) is 18.8 Å². The highest BCUT2D eigenvalue weighted by atomic mass is 16.4. The summed E-state index contributed by atoms with van der Waals surface area (Å²) in [6.45, 7) is 6.34. The van der Waals surface area contributed by atoms with Crippen LogP contribution in [0.5, 0.6) is 0 Å². The van der Waals surface area contributed by atoms with Crippen LogP contribution in [-0.2, 0) is 18.4 Å². The van der Waals surface area contributed by atoms with Gasteiger partial charge in [0.25, 0.3) is 0 Å². The molecule has 21 heavy (non-hydrogen) atoms. The number of nitrogens with one attached hydrogen (secondary N) is 2. The first-order chi connectivity index (χ1) is 9.81. The molecule has 0 spiro atoms. The number of carbonyl (C=O) groups is 2. The highest BCUT2D eigenvalue weighted by molar-refractivity contribution is 5.75. The lowest BCUT2D eigenvalue weighted by molar-refractivity contribution is -0.142. The Kier molecular flexibility index (Phi) is 6.20. The maximum absolute atomic E-state index is 11.7. The van der Waals surface area contributed by atoms with Crippen molar-refractivity contribution < 1.29 is 14.7 Å². The summed E-state index contributed by atoms with van der Waals surface area (Å²) in [6.07, 6.45) is 2.24. The van der Waals surface area contributed by atoms with Gasteiger partial charge in [-0.15, -0.1) is 0 Å². The second kappa shape index (κ2) is 7.66. The number of hydrogen-bond donors (Lipinski definition) is 3. The standard InChI is InChI=1S/C14H24N4O3/c1-9(2)5-11(13(19)20)6-15-14(21)16-7-12-8-17-18(4)10(12)3/h8-9,11H,5-7H2,1-4H3,(H,19,20)(H2,15,16,21). The predicted octanol–water partition coefficient (Wildman–Crippen LogP) is 1.27. The van der Waals surface area contributed by atoms with Gasteiger partial charge in [-0.25, -0.2) is 4.79 Å². The summed E-state index contributed by atoms with van der Waals surface area (Å²) in [6, 6.07) is -0.367. The molecule has 1 aromatic rings. The summed E-state index contributed by atoms with van der Waals surface area (Å²) in [5, 5.41) is 18.5. The monoisotopic (exact) mass is 296 g/mol. The van der Waals surface area contributed by atoms with E-state index in [1.165, 1.54) is 0 Å². The molecule has 0 saturated carbocycles. The fourth-order valence-electron chi connectivity index (χ4n) is 2.01. The first kappa shape index (κ1) is 17.0. The van der Waals surface area contributed by atoms with E-state index in [4.69, 9.17) is 5.11 Å². The Morgan fingerprint density at radius 1 is 1.38 bits per heavy atom. The molecule has 3 N–H and O–H groups in total. The number of amides is 2. The maximum Gasteiger partial charge on any atom is 0.315 e. The van der Waals surface area contributed by atoms with Gasteiger partial charge in [-0.2, -0.15) is 5.10 Å². The molecule has 0 radical (unpaired) electrons. The zero-order valence-corrected chi connectivity index (χ0v) is 13.0. The number of aromatic nitrogens is 2. The molecular formula is C14H24N4O3. The molecule has 2 amide bonds. The smallest absolute Gasteiger partial charge is 0.315 e. The summed E-state index contributed by atoms with van der Waals surface area (Å²) < 4.78 is 1.73. The van der Waals surface area contributed by atoms with Crippen molar-refractivity contribution >= 4 is 12.0 Å². The van der Waals surface area contributed by atoms with Crippen LogP contribution in [0.15, 0.2) is 6.20 Å². The molecule has 0 saturated heterocycles. The molecule has 0 aliphatic heterocycles. The molecule has 1 rings (SSSR count). The van der Waals surface area contributed by atoms with E-state index in [9.17, 15) is 9.59 Å². The van der Waals surface area contributed by atoms with Crippen molar-refractivity contribution in [3.05, 3.63) is 17.5 Å². The van der Waals surface area contributed by atoms with Crippen molar-refractivity contribution in [2.24, 2.45) is 18.9 Å². The van der Waals surface area contributed by atoms with Gasteiger partial charge in [0.1, 0.15) is 0 Å². The van der Waals surface area contributed by atoms with E-state index in [-0.39, 0.29) is 18.5 Å².